The Balaban J connectivity index is 1.75. The molecule has 0 amide bonds. The molecule has 5 heteroatoms. The molecular weight excluding hydrogens is 429 g/mol. The Morgan fingerprint density at radius 1 is 0.588 bits per heavy atom. The fourth-order valence-electron chi connectivity index (χ4n) is 4.27. The molecular formula is C29H20FNO3. The van der Waals surface area contributed by atoms with Gasteiger partial charge in [0.2, 0.25) is 0 Å². The van der Waals surface area contributed by atoms with Crippen molar-refractivity contribution in [1.29, 1.82) is 0 Å². The molecule has 0 aliphatic carbocycles. The number of carbonyl (C=O) groups excluding carboxylic acids is 3. The molecule has 0 radical (unpaired) electrons. The van der Waals surface area contributed by atoms with Crippen LogP contribution in [-0.2, 0) is 0 Å². The lowest BCUT2D eigenvalue weighted by Crippen LogP contribution is -2.01. The van der Waals surface area contributed by atoms with Gasteiger partial charge in [0.1, 0.15) is 5.82 Å². The quantitative estimate of drug-likeness (QED) is 0.286. The first-order valence-corrected chi connectivity index (χ1v) is 10.8. The van der Waals surface area contributed by atoms with Crippen molar-refractivity contribution in [2.45, 2.75) is 13.8 Å². The van der Waals surface area contributed by atoms with Crippen LogP contribution in [0.3, 0.4) is 0 Å². The van der Waals surface area contributed by atoms with Crippen LogP contribution in [0, 0.1) is 5.82 Å². The molecule has 166 valence electrons. The number of carbonyl (C=O) groups is 3. The van der Waals surface area contributed by atoms with Gasteiger partial charge in [0.25, 0.3) is 0 Å². The van der Waals surface area contributed by atoms with Gasteiger partial charge in [-0.15, -0.1) is 0 Å². The Labute approximate surface area is 195 Å². The van der Waals surface area contributed by atoms with Gasteiger partial charge in [-0.1, -0.05) is 0 Å². The van der Waals surface area contributed by atoms with E-state index in [4.69, 9.17) is 0 Å². The summed E-state index contributed by atoms with van der Waals surface area (Å²) < 4.78 is 15.4. The number of ketones is 3. The number of benzene rings is 4. The first-order chi connectivity index (χ1) is 16.3. The summed E-state index contributed by atoms with van der Waals surface area (Å²) in [7, 11) is 0. The molecule has 0 fully saturated rings. The smallest absolute Gasteiger partial charge is 0.193 e. The van der Waals surface area contributed by atoms with Gasteiger partial charge in [-0.05, 0) is 98.8 Å². The molecule has 34 heavy (non-hydrogen) atoms. The van der Waals surface area contributed by atoms with Gasteiger partial charge >= 0.3 is 0 Å². The van der Waals surface area contributed by atoms with Gasteiger partial charge in [0, 0.05) is 38.7 Å². The van der Waals surface area contributed by atoms with E-state index in [1.165, 1.54) is 38.1 Å². The van der Waals surface area contributed by atoms with E-state index in [2.05, 4.69) is 0 Å². The van der Waals surface area contributed by atoms with Crippen LogP contribution >= 0.6 is 0 Å². The third-order valence-electron chi connectivity index (χ3n) is 6.07. The number of nitrogens with zero attached hydrogens (tertiary/aromatic N) is 1. The van der Waals surface area contributed by atoms with Crippen LogP contribution in [0.25, 0.3) is 27.5 Å². The maximum absolute atomic E-state index is 13.3. The highest BCUT2D eigenvalue weighted by atomic mass is 19.1. The van der Waals surface area contributed by atoms with Crippen LogP contribution in [0.5, 0.6) is 0 Å². The molecule has 0 spiro atoms. The molecule has 0 atom stereocenters. The Morgan fingerprint density at radius 2 is 1.06 bits per heavy atom. The van der Waals surface area contributed by atoms with Gasteiger partial charge in [0.15, 0.2) is 17.3 Å². The van der Waals surface area contributed by atoms with E-state index in [9.17, 15) is 18.8 Å². The maximum Gasteiger partial charge on any atom is 0.193 e. The molecule has 5 aromatic rings. The van der Waals surface area contributed by atoms with Crippen molar-refractivity contribution >= 4 is 39.2 Å². The van der Waals surface area contributed by atoms with Gasteiger partial charge < -0.3 is 4.57 Å². The second kappa shape index (κ2) is 8.19. The fraction of sp³-hybridized carbons (Fsp3) is 0.0690. The highest BCUT2D eigenvalue weighted by molar-refractivity contribution is 6.16. The second-order valence-corrected chi connectivity index (χ2v) is 8.29. The van der Waals surface area contributed by atoms with Crippen LogP contribution in [0.4, 0.5) is 4.39 Å². The van der Waals surface area contributed by atoms with Gasteiger partial charge in [-0.2, -0.15) is 0 Å². The largest absolute Gasteiger partial charge is 0.309 e. The zero-order valence-electron chi connectivity index (χ0n) is 18.6. The Hall–Kier alpha value is -4.38. The molecule has 0 saturated carbocycles. The van der Waals surface area contributed by atoms with Crippen LogP contribution < -0.4 is 0 Å². The highest BCUT2D eigenvalue weighted by Crippen LogP contribution is 2.34. The summed E-state index contributed by atoms with van der Waals surface area (Å²) in [6.45, 7) is 3.04. The van der Waals surface area contributed by atoms with E-state index in [0.717, 1.165) is 27.5 Å². The van der Waals surface area contributed by atoms with Gasteiger partial charge in [-0.3, -0.25) is 14.4 Å². The van der Waals surface area contributed by atoms with Crippen molar-refractivity contribution in [2.75, 3.05) is 0 Å². The Morgan fingerprint density at radius 3 is 1.62 bits per heavy atom. The predicted molar refractivity (Wildman–Crippen MR) is 131 cm³/mol. The summed E-state index contributed by atoms with van der Waals surface area (Å²) in [6, 6.07) is 23.8. The summed E-state index contributed by atoms with van der Waals surface area (Å²) in [4.78, 5) is 36.9. The number of hydrogen-bond acceptors (Lipinski definition) is 3. The predicted octanol–water partition coefficient (Wildman–Crippen LogP) is 6.56. The van der Waals surface area contributed by atoms with Crippen LogP contribution in [-0.4, -0.2) is 21.9 Å². The summed E-state index contributed by atoms with van der Waals surface area (Å²) in [5, 5.41) is 1.66. The number of aromatic nitrogens is 1. The number of Topliss-reactive ketones (excluding diaryl/α,β-unsaturated/α-hetero) is 2. The van der Waals surface area contributed by atoms with E-state index in [0.29, 0.717) is 22.3 Å². The summed E-state index contributed by atoms with van der Waals surface area (Å²) >= 11 is 0. The molecule has 1 heterocycles. The Bertz CT molecular complexity index is 1610. The van der Waals surface area contributed by atoms with Crippen LogP contribution in [0.15, 0.2) is 84.9 Å². The van der Waals surface area contributed by atoms with Crippen molar-refractivity contribution in [3.05, 3.63) is 113 Å². The minimum Gasteiger partial charge on any atom is -0.309 e. The highest BCUT2D eigenvalue weighted by Gasteiger charge is 2.17. The van der Waals surface area contributed by atoms with E-state index in [1.54, 1.807) is 24.3 Å². The summed E-state index contributed by atoms with van der Waals surface area (Å²) in [5.41, 5.74) is 4.67. The van der Waals surface area contributed by atoms with Crippen molar-refractivity contribution in [2.24, 2.45) is 0 Å². The van der Waals surface area contributed by atoms with E-state index >= 15 is 0 Å². The third-order valence-corrected chi connectivity index (χ3v) is 6.07. The minimum atomic E-state index is -0.400. The van der Waals surface area contributed by atoms with E-state index in [1.807, 2.05) is 41.0 Å². The fourth-order valence-corrected chi connectivity index (χ4v) is 4.27. The third kappa shape index (κ3) is 3.61. The molecule has 0 bridgehead atoms. The zero-order valence-corrected chi connectivity index (χ0v) is 18.6. The molecule has 5 rings (SSSR count). The number of halogens is 1. The molecule has 1 aromatic heterocycles. The van der Waals surface area contributed by atoms with Crippen LogP contribution in [0.2, 0.25) is 0 Å². The molecule has 0 unspecified atom stereocenters. The average Bonchev–Trinajstić information content (AvgIpc) is 3.17. The monoisotopic (exact) mass is 449 g/mol. The normalized spacial score (nSPS) is 11.1. The molecule has 0 aliphatic rings. The number of hydrogen-bond donors (Lipinski definition) is 0. The minimum absolute atomic E-state index is 0.0104. The first-order valence-electron chi connectivity index (χ1n) is 10.8. The summed E-state index contributed by atoms with van der Waals surface area (Å²) in [6.07, 6.45) is 0. The van der Waals surface area contributed by atoms with Crippen molar-refractivity contribution < 1.29 is 18.8 Å². The zero-order chi connectivity index (χ0) is 24.0. The SMILES string of the molecule is CC(=O)c1ccc(-n2c3ccc(C(C)=O)cc3c3cc(C(=O)c4ccc(F)cc4)ccc32)cc1. The van der Waals surface area contributed by atoms with Crippen LogP contribution in [0.1, 0.15) is 50.5 Å². The van der Waals surface area contributed by atoms with E-state index < -0.39 is 5.82 Å². The van der Waals surface area contributed by atoms with Crippen molar-refractivity contribution in [3.8, 4) is 5.69 Å². The molecule has 0 aliphatic heterocycles. The van der Waals surface area contributed by atoms with Gasteiger partial charge in [-0.25, -0.2) is 4.39 Å². The first kappa shape index (κ1) is 21.5. The maximum atomic E-state index is 13.3. The summed E-state index contributed by atoms with van der Waals surface area (Å²) in [5.74, 6) is -0.671. The molecule has 4 nitrogen and oxygen atoms in total. The van der Waals surface area contributed by atoms with E-state index in [-0.39, 0.29) is 17.3 Å². The topological polar surface area (TPSA) is 56.1 Å². The molecule has 0 saturated heterocycles. The average molecular weight is 449 g/mol. The van der Waals surface area contributed by atoms with Crippen molar-refractivity contribution in [3.63, 3.8) is 0 Å². The Kier molecular flexibility index (Phi) is 5.17. The lowest BCUT2D eigenvalue weighted by molar-refractivity contribution is 0.100. The second-order valence-electron chi connectivity index (χ2n) is 8.29. The van der Waals surface area contributed by atoms with Crippen molar-refractivity contribution in [1.82, 2.24) is 4.57 Å². The number of fused-ring (bicyclic) bond motifs is 3. The number of rotatable bonds is 5. The lowest BCUT2D eigenvalue weighted by atomic mass is 10.0. The molecule has 4 aromatic carbocycles. The molecule has 0 N–H and O–H groups in total. The van der Waals surface area contributed by atoms with Gasteiger partial charge in [0.05, 0.1) is 11.0 Å². The standard InChI is InChI=1S/C29H20FNO3/c1-17(32)19-5-11-24(12-6-19)31-27-13-7-21(18(2)33)15-25(27)26-16-22(8-14-28(26)31)29(34)20-3-9-23(30)10-4-20/h3-16H,1-2H3. The lowest BCUT2D eigenvalue weighted by Gasteiger charge is -2.09.